The fourth-order valence-electron chi connectivity index (χ4n) is 2.63. The van der Waals surface area contributed by atoms with E-state index in [1.54, 1.807) is 0 Å². The highest BCUT2D eigenvalue weighted by Crippen LogP contribution is 2.35. The molecule has 1 aliphatic rings. The molecule has 0 saturated heterocycles. The van der Waals surface area contributed by atoms with Crippen molar-refractivity contribution in [1.29, 1.82) is 0 Å². The van der Waals surface area contributed by atoms with Gasteiger partial charge in [0.25, 0.3) is 0 Å². The highest BCUT2D eigenvalue weighted by molar-refractivity contribution is 5.83. The predicted molar refractivity (Wildman–Crippen MR) is 68.5 cm³/mol. The molecule has 0 bridgehead atoms. The summed E-state index contributed by atoms with van der Waals surface area (Å²) in [5, 5.41) is 12.0. The van der Waals surface area contributed by atoms with E-state index in [9.17, 15) is 4.79 Å². The SMILES string of the molecule is CCC(CCO)NC(=O)C1(CN)CCCCC1. The quantitative estimate of drug-likeness (QED) is 0.654. The Bertz CT molecular complexity index is 238. The van der Waals surface area contributed by atoms with Gasteiger partial charge in [0.15, 0.2) is 0 Å². The molecule has 0 aliphatic heterocycles. The molecule has 1 saturated carbocycles. The molecule has 1 rings (SSSR count). The van der Waals surface area contributed by atoms with Crippen molar-refractivity contribution in [1.82, 2.24) is 5.32 Å². The third kappa shape index (κ3) is 3.68. The number of hydrogen-bond donors (Lipinski definition) is 3. The van der Waals surface area contributed by atoms with Crippen molar-refractivity contribution in [2.75, 3.05) is 13.2 Å². The van der Waals surface area contributed by atoms with E-state index in [2.05, 4.69) is 5.32 Å². The van der Waals surface area contributed by atoms with Gasteiger partial charge in [-0.2, -0.15) is 0 Å². The van der Waals surface area contributed by atoms with Crippen molar-refractivity contribution in [3.63, 3.8) is 0 Å². The number of carbonyl (C=O) groups is 1. The summed E-state index contributed by atoms with van der Waals surface area (Å²) in [5.41, 5.74) is 5.47. The van der Waals surface area contributed by atoms with Gasteiger partial charge in [0.2, 0.25) is 5.91 Å². The van der Waals surface area contributed by atoms with Crippen molar-refractivity contribution < 1.29 is 9.90 Å². The van der Waals surface area contributed by atoms with Crippen LogP contribution in [0.4, 0.5) is 0 Å². The number of rotatable bonds is 6. The number of aliphatic hydroxyl groups is 1. The molecule has 4 nitrogen and oxygen atoms in total. The van der Waals surface area contributed by atoms with Crippen LogP contribution in [0.25, 0.3) is 0 Å². The van der Waals surface area contributed by atoms with E-state index >= 15 is 0 Å². The van der Waals surface area contributed by atoms with Crippen LogP contribution >= 0.6 is 0 Å². The van der Waals surface area contributed by atoms with E-state index in [-0.39, 0.29) is 24.0 Å². The van der Waals surface area contributed by atoms with Gasteiger partial charge in [-0.1, -0.05) is 26.2 Å². The van der Waals surface area contributed by atoms with Crippen LogP contribution < -0.4 is 11.1 Å². The van der Waals surface area contributed by atoms with Gasteiger partial charge < -0.3 is 16.2 Å². The maximum absolute atomic E-state index is 12.3. The van der Waals surface area contributed by atoms with Crippen LogP contribution in [0.5, 0.6) is 0 Å². The molecule has 0 radical (unpaired) electrons. The van der Waals surface area contributed by atoms with E-state index in [1.165, 1.54) is 6.42 Å². The summed E-state index contributed by atoms with van der Waals surface area (Å²) >= 11 is 0. The molecule has 100 valence electrons. The lowest BCUT2D eigenvalue weighted by molar-refractivity contribution is -0.133. The molecule has 0 aromatic carbocycles. The molecular weight excluding hydrogens is 216 g/mol. The number of nitrogens with two attached hydrogens (primary N) is 1. The second kappa shape index (κ2) is 6.97. The average molecular weight is 242 g/mol. The third-order valence-electron chi connectivity index (χ3n) is 3.99. The number of hydrogen-bond acceptors (Lipinski definition) is 3. The Morgan fingerprint density at radius 2 is 2.06 bits per heavy atom. The number of carbonyl (C=O) groups excluding carboxylic acids is 1. The first-order chi connectivity index (χ1) is 8.18. The predicted octanol–water partition coefficient (Wildman–Crippen LogP) is 1.17. The van der Waals surface area contributed by atoms with Gasteiger partial charge >= 0.3 is 0 Å². The Hall–Kier alpha value is -0.610. The minimum absolute atomic E-state index is 0.0813. The Balaban J connectivity index is 2.58. The molecule has 0 spiro atoms. The second-order valence-corrected chi connectivity index (χ2v) is 5.14. The summed E-state index contributed by atoms with van der Waals surface area (Å²) in [7, 11) is 0. The van der Waals surface area contributed by atoms with Gasteiger partial charge in [0.05, 0.1) is 5.41 Å². The maximum Gasteiger partial charge on any atom is 0.227 e. The van der Waals surface area contributed by atoms with Crippen LogP contribution in [0.1, 0.15) is 51.9 Å². The van der Waals surface area contributed by atoms with Gasteiger partial charge in [0.1, 0.15) is 0 Å². The molecule has 4 heteroatoms. The van der Waals surface area contributed by atoms with E-state index in [4.69, 9.17) is 10.8 Å². The third-order valence-corrected chi connectivity index (χ3v) is 3.99. The summed E-state index contributed by atoms with van der Waals surface area (Å²) in [6.07, 6.45) is 6.71. The lowest BCUT2D eigenvalue weighted by Crippen LogP contribution is -2.50. The zero-order chi connectivity index (χ0) is 12.7. The zero-order valence-electron chi connectivity index (χ0n) is 10.9. The maximum atomic E-state index is 12.3. The molecular formula is C13H26N2O2. The highest BCUT2D eigenvalue weighted by Gasteiger charge is 2.38. The summed E-state index contributed by atoms with van der Waals surface area (Å²) in [6, 6.07) is 0.0813. The Morgan fingerprint density at radius 3 is 2.53 bits per heavy atom. The van der Waals surface area contributed by atoms with Crippen LogP contribution in [0.2, 0.25) is 0 Å². The molecule has 1 aliphatic carbocycles. The molecule has 0 aromatic heterocycles. The first kappa shape index (κ1) is 14.5. The van der Waals surface area contributed by atoms with Crippen LogP contribution in [-0.2, 0) is 4.79 Å². The molecule has 1 atom stereocenters. The summed E-state index contributed by atoms with van der Waals surface area (Å²) in [5.74, 6) is 0.0972. The first-order valence-corrected chi connectivity index (χ1v) is 6.80. The second-order valence-electron chi connectivity index (χ2n) is 5.14. The van der Waals surface area contributed by atoms with Gasteiger partial charge in [0, 0.05) is 19.2 Å². The zero-order valence-corrected chi connectivity index (χ0v) is 10.9. The molecule has 0 aromatic rings. The smallest absolute Gasteiger partial charge is 0.227 e. The highest BCUT2D eigenvalue weighted by atomic mass is 16.3. The molecule has 17 heavy (non-hydrogen) atoms. The van der Waals surface area contributed by atoms with E-state index < -0.39 is 0 Å². The average Bonchev–Trinajstić information content (AvgIpc) is 2.38. The van der Waals surface area contributed by atoms with Crippen molar-refractivity contribution in [3.8, 4) is 0 Å². The molecule has 0 heterocycles. The minimum atomic E-state index is -0.346. The van der Waals surface area contributed by atoms with Crippen LogP contribution in [0, 0.1) is 5.41 Å². The number of aliphatic hydroxyl groups excluding tert-OH is 1. The fraction of sp³-hybridized carbons (Fsp3) is 0.923. The largest absolute Gasteiger partial charge is 0.396 e. The fourth-order valence-corrected chi connectivity index (χ4v) is 2.63. The van der Waals surface area contributed by atoms with Crippen LogP contribution in [-0.4, -0.2) is 30.2 Å². The topological polar surface area (TPSA) is 75.3 Å². The molecule has 1 fully saturated rings. The summed E-state index contributed by atoms with van der Waals surface area (Å²) in [4.78, 5) is 12.3. The standard InChI is InChI=1S/C13H26N2O2/c1-2-11(6-9-16)15-12(17)13(10-14)7-4-3-5-8-13/h11,16H,2-10,14H2,1H3,(H,15,17). The van der Waals surface area contributed by atoms with Crippen LogP contribution in [0.3, 0.4) is 0 Å². The van der Waals surface area contributed by atoms with Crippen molar-refractivity contribution in [2.45, 2.75) is 57.9 Å². The van der Waals surface area contributed by atoms with Gasteiger partial charge in [-0.15, -0.1) is 0 Å². The minimum Gasteiger partial charge on any atom is -0.396 e. The summed E-state index contributed by atoms with van der Waals surface area (Å²) < 4.78 is 0. The number of nitrogens with one attached hydrogen (secondary N) is 1. The molecule has 4 N–H and O–H groups in total. The first-order valence-electron chi connectivity index (χ1n) is 6.80. The Morgan fingerprint density at radius 1 is 1.41 bits per heavy atom. The van der Waals surface area contributed by atoms with Gasteiger partial charge in [-0.25, -0.2) is 0 Å². The summed E-state index contributed by atoms with van der Waals surface area (Å²) in [6.45, 7) is 2.58. The molecule has 1 unspecified atom stereocenters. The number of amides is 1. The van der Waals surface area contributed by atoms with E-state index in [0.29, 0.717) is 13.0 Å². The van der Waals surface area contributed by atoms with Gasteiger partial charge in [-0.05, 0) is 25.7 Å². The monoisotopic (exact) mass is 242 g/mol. The Labute approximate surface area is 104 Å². The lowest BCUT2D eigenvalue weighted by Gasteiger charge is -2.36. The van der Waals surface area contributed by atoms with Gasteiger partial charge in [-0.3, -0.25) is 4.79 Å². The van der Waals surface area contributed by atoms with E-state index in [1.807, 2.05) is 6.92 Å². The van der Waals surface area contributed by atoms with E-state index in [0.717, 1.165) is 32.1 Å². The normalized spacial score (nSPS) is 20.9. The van der Waals surface area contributed by atoms with Crippen LogP contribution in [0.15, 0.2) is 0 Å². The Kier molecular flexibility index (Phi) is 5.92. The van der Waals surface area contributed by atoms with Crippen molar-refractivity contribution >= 4 is 5.91 Å². The van der Waals surface area contributed by atoms with Crippen molar-refractivity contribution in [3.05, 3.63) is 0 Å². The van der Waals surface area contributed by atoms with Crippen molar-refractivity contribution in [2.24, 2.45) is 11.1 Å². The molecule has 1 amide bonds. The lowest BCUT2D eigenvalue weighted by atomic mass is 9.73.